The SMILES string of the molecule is CC(C)C[C@H](C)[C@@H](O)[C@@H](C)CO. The first-order chi connectivity index (χ1) is 5.49. The van der Waals surface area contributed by atoms with Crippen molar-refractivity contribution in [2.24, 2.45) is 17.8 Å². The van der Waals surface area contributed by atoms with Crippen molar-refractivity contribution in [2.75, 3.05) is 6.61 Å². The molecule has 0 amide bonds. The summed E-state index contributed by atoms with van der Waals surface area (Å²) in [5, 5.41) is 18.5. The molecule has 74 valence electrons. The van der Waals surface area contributed by atoms with E-state index >= 15 is 0 Å². The molecule has 0 spiro atoms. The predicted molar refractivity (Wildman–Crippen MR) is 50.9 cm³/mol. The third kappa shape index (κ3) is 4.07. The van der Waals surface area contributed by atoms with E-state index in [0.717, 1.165) is 6.42 Å². The second-order valence-corrected chi connectivity index (χ2v) is 4.26. The van der Waals surface area contributed by atoms with E-state index in [1.54, 1.807) is 0 Å². The van der Waals surface area contributed by atoms with E-state index in [2.05, 4.69) is 13.8 Å². The Hall–Kier alpha value is -0.0800. The Bertz CT molecular complexity index is 112. The van der Waals surface area contributed by atoms with Gasteiger partial charge in [0.15, 0.2) is 0 Å². The van der Waals surface area contributed by atoms with Gasteiger partial charge in [-0.1, -0.05) is 27.7 Å². The molecule has 12 heavy (non-hydrogen) atoms. The van der Waals surface area contributed by atoms with Gasteiger partial charge < -0.3 is 10.2 Å². The van der Waals surface area contributed by atoms with E-state index in [4.69, 9.17) is 5.11 Å². The van der Waals surface area contributed by atoms with E-state index in [0.29, 0.717) is 5.92 Å². The van der Waals surface area contributed by atoms with Gasteiger partial charge in [0.05, 0.1) is 6.10 Å². The standard InChI is InChI=1S/C10H22O2/c1-7(2)5-8(3)10(12)9(4)6-11/h7-12H,5-6H2,1-4H3/t8-,9-,10+/m0/s1. The second-order valence-electron chi connectivity index (χ2n) is 4.26. The van der Waals surface area contributed by atoms with Gasteiger partial charge >= 0.3 is 0 Å². The first-order valence-electron chi connectivity index (χ1n) is 4.78. The fourth-order valence-electron chi connectivity index (χ4n) is 1.55. The van der Waals surface area contributed by atoms with Crippen LogP contribution in [0.1, 0.15) is 34.1 Å². The highest BCUT2D eigenvalue weighted by atomic mass is 16.3. The molecule has 0 radical (unpaired) electrons. The molecule has 0 saturated heterocycles. The minimum atomic E-state index is -0.364. The molecule has 3 atom stereocenters. The molecule has 0 bridgehead atoms. The Morgan fingerprint density at radius 2 is 1.50 bits per heavy atom. The quantitative estimate of drug-likeness (QED) is 0.665. The third-order valence-electron chi connectivity index (χ3n) is 2.30. The number of rotatable bonds is 5. The Morgan fingerprint density at radius 3 is 1.83 bits per heavy atom. The highest BCUT2D eigenvalue weighted by Gasteiger charge is 2.20. The summed E-state index contributed by atoms with van der Waals surface area (Å²) in [6, 6.07) is 0. The number of hydrogen-bond acceptors (Lipinski definition) is 2. The minimum Gasteiger partial charge on any atom is -0.396 e. The smallest absolute Gasteiger partial charge is 0.0613 e. The highest BCUT2D eigenvalue weighted by Crippen LogP contribution is 2.19. The van der Waals surface area contributed by atoms with Crippen LogP contribution in [-0.4, -0.2) is 22.9 Å². The van der Waals surface area contributed by atoms with E-state index in [9.17, 15) is 5.11 Å². The first kappa shape index (κ1) is 11.9. The summed E-state index contributed by atoms with van der Waals surface area (Å²) < 4.78 is 0. The number of aliphatic hydroxyl groups is 2. The minimum absolute atomic E-state index is 0.00116. The molecule has 2 N–H and O–H groups in total. The first-order valence-corrected chi connectivity index (χ1v) is 4.78. The topological polar surface area (TPSA) is 40.5 Å². The monoisotopic (exact) mass is 174 g/mol. The fourth-order valence-corrected chi connectivity index (χ4v) is 1.55. The van der Waals surface area contributed by atoms with Crippen molar-refractivity contribution < 1.29 is 10.2 Å². The normalized spacial score (nSPS) is 19.2. The molecule has 2 heteroatoms. The number of aliphatic hydroxyl groups excluding tert-OH is 2. The maximum Gasteiger partial charge on any atom is 0.0613 e. The van der Waals surface area contributed by atoms with Gasteiger partial charge in [0.1, 0.15) is 0 Å². The Kier molecular flexibility index (Phi) is 5.51. The summed E-state index contributed by atoms with van der Waals surface area (Å²) in [6.45, 7) is 8.28. The number of hydrogen-bond donors (Lipinski definition) is 2. The average Bonchev–Trinajstić information content (AvgIpc) is 2.00. The van der Waals surface area contributed by atoms with Gasteiger partial charge in [-0.05, 0) is 18.3 Å². The maximum atomic E-state index is 9.68. The zero-order valence-corrected chi connectivity index (χ0v) is 8.62. The van der Waals surface area contributed by atoms with E-state index in [1.165, 1.54) is 0 Å². The van der Waals surface area contributed by atoms with Crippen molar-refractivity contribution in [1.82, 2.24) is 0 Å². The zero-order chi connectivity index (χ0) is 9.72. The van der Waals surface area contributed by atoms with Crippen molar-refractivity contribution in [3.05, 3.63) is 0 Å². The average molecular weight is 174 g/mol. The third-order valence-corrected chi connectivity index (χ3v) is 2.30. The molecular weight excluding hydrogens is 152 g/mol. The molecule has 0 aromatic carbocycles. The highest BCUT2D eigenvalue weighted by molar-refractivity contribution is 4.70. The Balaban J connectivity index is 3.83. The van der Waals surface area contributed by atoms with Gasteiger partial charge in [0.25, 0.3) is 0 Å². The van der Waals surface area contributed by atoms with E-state index in [-0.39, 0.29) is 24.5 Å². The molecule has 0 aliphatic carbocycles. The van der Waals surface area contributed by atoms with Crippen LogP contribution in [-0.2, 0) is 0 Å². The summed E-state index contributed by atoms with van der Waals surface area (Å²) in [6.07, 6.45) is 0.656. The molecule has 0 aromatic heterocycles. The van der Waals surface area contributed by atoms with Crippen molar-refractivity contribution in [3.63, 3.8) is 0 Å². The predicted octanol–water partition coefficient (Wildman–Crippen LogP) is 1.66. The maximum absolute atomic E-state index is 9.68. The lowest BCUT2D eigenvalue weighted by Crippen LogP contribution is -2.28. The van der Waals surface area contributed by atoms with Crippen molar-refractivity contribution in [2.45, 2.75) is 40.2 Å². The zero-order valence-electron chi connectivity index (χ0n) is 8.62. The van der Waals surface area contributed by atoms with Gasteiger partial charge in [0, 0.05) is 12.5 Å². The van der Waals surface area contributed by atoms with Crippen LogP contribution >= 0.6 is 0 Å². The van der Waals surface area contributed by atoms with Crippen LogP contribution in [0.3, 0.4) is 0 Å². The summed E-state index contributed by atoms with van der Waals surface area (Å²) in [5.74, 6) is 0.895. The van der Waals surface area contributed by atoms with Gasteiger partial charge in [0.2, 0.25) is 0 Å². The molecule has 0 fully saturated rings. The summed E-state index contributed by atoms with van der Waals surface area (Å²) in [4.78, 5) is 0. The van der Waals surface area contributed by atoms with E-state index in [1.807, 2.05) is 13.8 Å². The van der Waals surface area contributed by atoms with Gasteiger partial charge in [-0.2, -0.15) is 0 Å². The Morgan fingerprint density at radius 1 is 1.00 bits per heavy atom. The molecular formula is C10H22O2. The molecule has 0 rings (SSSR count). The lowest BCUT2D eigenvalue weighted by atomic mass is 9.88. The van der Waals surface area contributed by atoms with Crippen LogP contribution in [0.5, 0.6) is 0 Å². The molecule has 2 nitrogen and oxygen atoms in total. The van der Waals surface area contributed by atoms with Crippen molar-refractivity contribution in [1.29, 1.82) is 0 Å². The van der Waals surface area contributed by atoms with Crippen LogP contribution < -0.4 is 0 Å². The summed E-state index contributed by atoms with van der Waals surface area (Å²) in [7, 11) is 0. The summed E-state index contributed by atoms with van der Waals surface area (Å²) >= 11 is 0. The fraction of sp³-hybridized carbons (Fsp3) is 1.00. The largest absolute Gasteiger partial charge is 0.396 e. The molecule has 0 saturated carbocycles. The molecule has 0 aliphatic rings. The van der Waals surface area contributed by atoms with Crippen LogP contribution in [0, 0.1) is 17.8 Å². The summed E-state index contributed by atoms with van der Waals surface area (Å²) in [5.41, 5.74) is 0. The van der Waals surface area contributed by atoms with Crippen molar-refractivity contribution in [3.8, 4) is 0 Å². The van der Waals surface area contributed by atoms with Gasteiger partial charge in [-0.15, -0.1) is 0 Å². The molecule has 0 aliphatic heterocycles. The Labute approximate surface area is 75.6 Å². The second kappa shape index (κ2) is 5.55. The molecule has 0 aromatic rings. The van der Waals surface area contributed by atoms with Gasteiger partial charge in [-0.3, -0.25) is 0 Å². The lowest BCUT2D eigenvalue weighted by Gasteiger charge is -2.24. The van der Waals surface area contributed by atoms with Crippen LogP contribution in [0.2, 0.25) is 0 Å². The van der Waals surface area contributed by atoms with Crippen LogP contribution in [0.15, 0.2) is 0 Å². The lowest BCUT2D eigenvalue weighted by molar-refractivity contribution is 0.0298. The van der Waals surface area contributed by atoms with E-state index < -0.39 is 0 Å². The van der Waals surface area contributed by atoms with Gasteiger partial charge in [-0.25, -0.2) is 0 Å². The molecule has 0 unspecified atom stereocenters. The van der Waals surface area contributed by atoms with Crippen LogP contribution in [0.25, 0.3) is 0 Å². The molecule has 0 heterocycles. The van der Waals surface area contributed by atoms with Crippen LogP contribution in [0.4, 0.5) is 0 Å². The van der Waals surface area contributed by atoms with Crippen molar-refractivity contribution >= 4 is 0 Å².